The summed E-state index contributed by atoms with van der Waals surface area (Å²) >= 11 is 0. The summed E-state index contributed by atoms with van der Waals surface area (Å²) in [5, 5.41) is 2.81. The van der Waals surface area contributed by atoms with Gasteiger partial charge in [0.05, 0.1) is 38.7 Å². The maximum Gasteiger partial charge on any atom is 0.251 e. The molecule has 0 aromatic heterocycles. The molecule has 186 valence electrons. The van der Waals surface area contributed by atoms with E-state index < -0.39 is 10.0 Å². The molecule has 0 heterocycles. The van der Waals surface area contributed by atoms with E-state index in [1.54, 1.807) is 61.7 Å². The Hall–Kier alpha value is -3.72. The first kappa shape index (κ1) is 25.9. The molecule has 0 atom stereocenters. The number of hydrogen-bond donors (Lipinski definition) is 1. The van der Waals surface area contributed by atoms with E-state index in [9.17, 15) is 13.2 Å². The number of ether oxygens (including phenoxy) is 3. The fourth-order valence-electron chi connectivity index (χ4n) is 3.38. The van der Waals surface area contributed by atoms with Gasteiger partial charge in [-0.05, 0) is 48.9 Å². The maximum atomic E-state index is 12.5. The van der Waals surface area contributed by atoms with Crippen LogP contribution in [0.3, 0.4) is 0 Å². The van der Waals surface area contributed by atoms with Crippen LogP contribution in [0.1, 0.15) is 22.8 Å². The maximum absolute atomic E-state index is 12.5. The lowest BCUT2D eigenvalue weighted by Gasteiger charge is -2.24. The summed E-state index contributed by atoms with van der Waals surface area (Å²) < 4.78 is 42.8. The Morgan fingerprint density at radius 2 is 1.66 bits per heavy atom. The number of methoxy groups -OCH3 is 1. The van der Waals surface area contributed by atoms with Crippen LogP contribution < -0.4 is 23.8 Å². The highest BCUT2D eigenvalue weighted by Gasteiger charge is 2.21. The van der Waals surface area contributed by atoms with Crippen molar-refractivity contribution in [3.05, 3.63) is 83.9 Å². The van der Waals surface area contributed by atoms with Gasteiger partial charge in [-0.25, -0.2) is 8.42 Å². The number of carbonyl (C=O) groups is 1. The van der Waals surface area contributed by atoms with Crippen molar-refractivity contribution in [1.82, 2.24) is 5.32 Å². The Bertz CT molecular complexity index is 1230. The van der Waals surface area contributed by atoms with Crippen molar-refractivity contribution in [2.75, 3.05) is 37.4 Å². The summed E-state index contributed by atoms with van der Waals surface area (Å²) in [6.07, 6.45) is 1.16. The minimum absolute atomic E-state index is 0.110. The van der Waals surface area contributed by atoms with Crippen molar-refractivity contribution < 1.29 is 27.4 Å². The van der Waals surface area contributed by atoms with E-state index in [2.05, 4.69) is 5.32 Å². The number of amides is 1. The van der Waals surface area contributed by atoms with E-state index in [1.807, 2.05) is 25.1 Å². The van der Waals surface area contributed by atoms with Crippen LogP contribution in [0, 0.1) is 0 Å². The van der Waals surface area contributed by atoms with E-state index in [4.69, 9.17) is 14.2 Å². The van der Waals surface area contributed by atoms with E-state index >= 15 is 0 Å². The van der Waals surface area contributed by atoms with E-state index in [0.717, 1.165) is 11.8 Å². The third-order valence-electron chi connectivity index (χ3n) is 5.07. The molecule has 3 aromatic rings. The summed E-state index contributed by atoms with van der Waals surface area (Å²) in [5.74, 6) is 1.60. The summed E-state index contributed by atoms with van der Waals surface area (Å²) in [5.41, 5.74) is 1.67. The van der Waals surface area contributed by atoms with E-state index in [1.165, 1.54) is 4.31 Å². The smallest absolute Gasteiger partial charge is 0.251 e. The molecule has 0 bridgehead atoms. The lowest BCUT2D eigenvalue weighted by atomic mass is 10.1. The average Bonchev–Trinajstić information content (AvgIpc) is 2.85. The van der Waals surface area contributed by atoms with Gasteiger partial charge in [0.2, 0.25) is 10.0 Å². The third kappa shape index (κ3) is 7.38. The highest BCUT2D eigenvalue weighted by Crippen LogP contribution is 2.31. The normalized spacial score (nSPS) is 10.9. The second-order valence-electron chi connectivity index (χ2n) is 7.65. The van der Waals surface area contributed by atoms with Gasteiger partial charge in [0, 0.05) is 11.6 Å². The standard InChI is InChI=1S/C26H30N2O6S/c1-4-33-25-11-6-5-10-24(25)28(35(3,30)31)19-20-12-14-21(15-13-20)26(29)27-16-17-34-23-9-7-8-22(18-23)32-2/h5-15,18H,4,16-17,19H2,1-3H3,(H,27,29). The average molecular weight is 499 g/mol. The molecule has 0 saturated heterocycles. The highest BCUT2D eigenvalue weighted by molar-refractivity contribution is 7.92. The number of nitrogens with one attached hydrogen (secondary N) is 1. The van der Waals surface area contributed by atoms with E-state index in [-0.39, 0.29) is 12.5 Å². The van der Waals surface area contributed by atoms with Crippen LogP contribution in [0.2, 0.25) is 0 Å². The largest absolute Gasteiger partial charge is 0.497 e. The number of carbonyl (C=O) groups excluding carboxylic acids is 1. The monoisotopic (exact) mass is 498 g/mol. The lowest BCUT2D eigenvalue weighted by Crippen LogP contribution is -2.30. The molecule has 0 unspecified atom stereocenters. The molecular formula is C26H30N2O6S. The fraction of sp³-hybridized carbons (Fsp3) is 0.269. The van der Waals surface area contributed by atoms with Crippen LogP contribution in [-0.4, -0.2) is 47.4 Å². The van der Waals surface area contributed by atoms with Crippen LogP contribution in [0.15, 0.2) is 72.8 Å². The fourth-order valence-corrected chi connectivity index (χ4v) is 4.27. The molecule has 0 radical (unpaired) electrons. The summed E-state index contributed by atoms with van der Waals surface area (Å²) in [6, 6.07) is 21.1. The molecule has 0 fully saturated rings. The van der Waals surface area contributed by atoms with Gasteiger partial charge >= 0.3 is 0 Å². The molecule has 0 aliphatic rings. The van der Waals surface area contributed by atoms with Gasteiger partial charge in [0.25, 0.3) is 5.91 Å². The lowest BCUT2D eigenvalue weighted by molar-refractivity contribution is 0.0947. The van der Waals surface area contributed by atoms with Crippen LogP contribution in [0.5, 0.6) is 17.2 Å². The highest BCUT2D eigenvalue weighted by atomic mass is 32.2. The van der Waals surface area contributed by atoms with Gasteiger partial charge in [-0.1, -0.05) is 30.3 Å². The predicted molar refractivity (Wildman–Crippen MR) is 136 cm³/mol. The van der Waals surface area contributed by atoms with Gasteiger partial charge in [0.1, 0.15) is 23.9 Å². The van der Waals surface area contributed by atoms with Crippen molar-refractivity contribution in [2.24, 2.45) is 0 Å². The first-order valence-corrected chi connectivity index (χ1v) is 13.0. The Balaban J connectivity index is 1.60. The molecule has 1 N–H and O–H groups in total. The van der Waals surface area contributed by atoms with Crippen LogP contribution in [-0.2, 0) is 16.6 Å². The molecule has 3 rings (SSSR count). The molecule has 0 aliphatic heterocycles. The number of nitrogens with zero attached hydrogens (tertiary/aromatic N) is 1. The number of anilines is 1. The van der Waals surface area contributed by atoms with Gasteiger partial charge < -0.3 is 19.5 Å². The Labute approximate surface area is 206 Å². The third-order valence-corrected chi connectivity index (χ3v) is 6.20. The number of sulfonamides is 1. The van der Waals surface area contributed by atoms with E-state index in [0.29, 0.717) is 48.3 Å². The summed E-state index contributed by atoms with van der Waals surface area (Å²) in [4.78, 5) is 12.5. The topological polar surface area (TPSA) is 94.2 Å². The van der Waals surface area contributed by atoms with Crippen LogP contribution >= 0.6 is 0 Å². The van der Waals surface area contributed by atoms with Gasteiger partial charge in [-0.2, -0.15) is 0 Å². The molecular weight excluding hydrogens is 468 g/mol. The minimum atomic E-state index is -3.57. The first-order chi connectivity index (χ1) is 16.8. The van der Waals surface area contributed by atoms with Crippen molar-refractivity contribution in [3.63, 3.8) is 0 Å². The van der Waals surface area contributed by atoms with Crippen molar-refractivity contribution >= 4 is 21.6 Å². The number of para-hydroxylation sites is 2. The molecule has 35 heavy (non-hydrogen) atoms. The summed E-state index contributed by atoms with van der Waals surface area (Å²) in [7, 11) is -1.99. The molecule has 0 saturated carbocycles. The van der Waals surface area contributed by atoms with Crippen LogP contribution in [0.25, 0.3) is 0 Å². The number of benzene rings is 3. The first-order valence-electron chi connectivity index (χ1n) is 11.2. The van der Waals surface area contributed by atoms with Crippen LogP contribution in [0.4, 0.5) is 5.69 Å². The molecule has 0 spiro atoms. The van der Waals surface area contributed by atoms with Crippen molar-refractivity contribution in [3.8, 4) is 17.2 Å². The Kier molecular flexibility index (Phi) is 8.97. The van der Waals surface area contributed by atoms with Gasteiger partial charge in [-0.3, -0.25) is 9.10 Å². The zero-order valence-corrected chi connectivity index (χ0v) is 20.9. The van der Waals surface area contributed by atoms with Crippen molar-refractivity contribution in [2.45, 2.75) is 13.5 Å². The van der Waals surface area contributed by atoms with Gasteiger partial charge in [0.15, 0.2) is 0 Å². The molecule has 9 heteroatoms. The summed E-state index contributed by atoms with van der Waals surface area (Å²) in [6.45, 7) is 3.01. The number of hydrogen-bond acceptors (Lipinski definition) is 6. The quantitative estimate of drug-likeness (QED) is 0.381. The molecule has 0 aliphatic carbocycles. The number of rotatable bonds is 12. The minimum Gasteiger partial charge on any atom is -0.497 e. The SMILES string of the molecule is CCOc1ccccc1N(Cc1ccc(C(=O)NCCOc2cccc(OC)c2)cc1)S(C)(=O)=O. The predicted octanol–water partition coefficient (Wildman–Crippen LogP) is 3.87. The second kappa shape index (κ2) is 12.1. The van der Waals surface area contributed by atoms with Gasteiger partial charge in [-0.15, -0.1) is 0 Å². The zero-order chi connectivity index (χ0) is 25.3. The Morgan fingerprint density at radius 3 is 2.34 bits per heavy atom. The molecule has 8 nitrogen and oxygen atoms in total. The zero-order valence-electron chi connectivity index (χ0n) is 20.1. The second-order valence-corrected chi connectivity index (χ2v) is 9.56. The molecule has 3 aromatic carbocycles. The van der Waals surface area contributed by atoms with Crippen molar-refractivity contribution in [1.29, 1.82) is 0 Å². The Morgan fingerprint density at radius 1 is 0.943 bits per heavy atom. The molecule has 1 amide bonds.